The number of halogens is 1. The number of rotatable bonds is 16. The number of anilines is 9. The molecule has 123 heavy (non-hydrogen) atoms. The Bertz CT molecular complexity index is 7330. The largest absolute Gasteiger partial charge is 0.456 e. The Morgan fingerprint density at radius 3 is 0.959 bits per heavy atom. The SMILES string of the molecule is Fc1cc(-c2ccccc2)c2cc(-c3ccc(-c4ccc(N(c5ccccc5)c5ccccc5)cc4)cc3)ccc2c1.c1ccc(-c2cccc3ccc(-c4ccc(N(c5ccccc5)c5ccccc5)c5ccccc45)cc23)cc1.c1ccc(-c2cccc3ccc(-c4ccc5c(c4)oc4cc(N(c6ccccc6)c6ccccc6)ccc45)cc23)cc1. The van der Waals surface area contributed by atoms with Crippen LogP contribution in [0.1, 0.15) is 0 Å². The average molecular weight is 1580 g/mol. The van der Waals surface area contributed by atoms with Gasteiger partial charge in [-0.3, -0.25) is 0 Å². The number of hydrogen-bond donors (Lipinski definition) is 0. The molecule has 5 heteroatoms. The van der Waals surface area contributed by atoms with Crippen LogP contribution in [-0.2, 0) is 0 Å². The molecule has 582 valence electrons. The highest BCUT2D eigenvalue weighted by Crippen LogP contribution is 2.46. The number of para-hydroxylation sites is 6. The molecule has 0 saturated heterocycles. The minimum Gasteiger partial charge on any atom is -0.456 e. The molecule has 0 radical (unpaired) electrons. The maximum absolute atomic E-state index is 14.5. The fraction of sp³-hybridized carbons (Fsp3) is 0. The molecule has 0 aliphatic rings. The minimum absolute atomic E-state index is 0.222. The Balaban J connectivity index is 0.000000117. The van der Waals surface area contributed by atoms with E-state index in [1.165, 1.54) is 71.3 Å². The number of hydrogen-bond acceptors (Lipinski definition) is 4. The van der Waals surface area contributed by atoms with Crippen molar-refractivity contribution in [3.8, 4) is 77.9 Å². The van der Waals surface area contributed by atoms with Crippen molar-refractivity contribution in [3.63, 3.8) is 0 Å². The van der Waals surface area contributed by atoms with E-state index in [0.29, 0.717) is 0 Å². The molecule has 0 aliphatic carbocycles. The molecule has 0 aliphatic heterocycles. The zero-order valence-corrected chi connectivity index (χ0v) is 67.5. The fourth-order valence-corrected chi connectivity index (χ4v) is 17.2. The predicted molar refractivity (Wildman–Crippen MR) is 519 cm³/mol. The van der Waals surface area contributed by atoms with Gasteiger partial charge in [-0.2, -0.15) is 0 Å². The van der Waals surface area contributed by atoms with Crippen molar-refractivity contribution >= 4 is 116 Å². The number of benzene rings is 21. The highest BCUT2D eigenvalue weighted by atomic mass is 19.1. The Kier molecular flexibility index (Phi) is 21.1. The van der Waals surface area contributed by atoms with E-state index in [1.807, 2.05) is 60.7 Å². The summed E-state index contributed by atoms with van der Waals surface area (Å²) in [6.07, 6.45) is 0. The Morgan fingerprint density at radius 1 is 0.154 bits per heavy atom. The van der Waals surface area contributed by atoms with Crippen molar-refractivity contribution in [1.29, 1.82) is 0 Å². The van der Waals surface area contributed by atoms with E-state index >= 15 is 0 Å². The normalized spacial score (nSPS) is 11.1. The third kappa shape index (κ3) is 15.8. The molecular weight excluding hydrogens is 1490 g/mol. The van der Waals surface area contributed by atoms with Crippen LogP contribution in [-0.4, -0.2) is 0 Å². The smallest absolute Gasteiger partial charge is 0.137 e. The number of furan rings is 1. The lowest BCUT2D eigenvalue weighted by molar-refractivity contribution is 0.630. The van der Waals surface area contributed by atoms with E-state index in [0.717, 1.165) is 123 Å². The molecule has 0 unspecified atom stereocenters. The van der Waals surface area contributed by atoms with Crippen LogP contribution < -0.4 is 14.7 Å². The molecule has 1 heterocycles. The van der Waals surface area contributed by atoms with Gasteiger partial charge in [0.25, 0.3) is 0 Å². The van der Waals surface area contributed by atoms with Gasteiger partial charge in [-0.25, -0.2) is 4.39 Å². The molecular formula is C118H82FN3O. The van der Waals surface area contributed by atoms with Gasteiger partial charge in [0.2, 0.25) is 0 Å². The summed E-state index contributed by atoms with van der Waals surface area (Å²) in [7, 11) is 0. The molecule has 0 saturated carbocycles. The second kappa shape index (κ2) is 34.4. The lowest BCUT2D eigenvalue weighted by Crippen LogP contribution is -2.10. The second-order valence-corrected chi connectivity index (χ2v) is 30.8. The molecule has 0 fully saturated rings. The van der Waals surface area contributed by atoms with Gasteiger partial charge >= 0.3 is 0 Å². The molecule has 22 rings (SSSR count). The molecule has 0 spiro atoms. The van der Waals surface area contributed by atoms with E-state index in [4.69, 9.17) is 4.42 Å². The maximum atomic E-state index is 14.5. The summed E-state index contributed by atoms with van der Waals surface area (Å²) in [6.45, 7) is 0. The topological polar surface area (TPSA) is 22.9 Å². The van der Waals surface area contributed by atoms with Crippen molar-refractivity contribution < 1.29 is 8.81 Å². The summed E-state index contributed by atoms with van der Waals surface area (Å²) < 4.78 is 21.0. The van der Waals surface area contributed by atoms with Gasteiger partial charge in [-0.05, 0) is 261 Å². The van der Waals surface area contributed by atoms with Gasteiger partial charge in [0.05, 0.1) is 5.69 Å². The van der Waals surface area contributed by atoms with Gasteiger partial charge in [0.15, 0.2) is 0 Å². The van der Waals surface area contributed by atoms with E-state index < -0.39 is 0 Å². The van der Waals surface area contributed by atoms with Crippen LogP contribution in [0.2, 0.25) is 0 Å². The lowest BCUT2D eigenvalue weighted by Gasteiger charge is -2.27. The van der Waals surface area contributed by atoms with Crippen LogP contribution in [0.4, 0.5) is 55.6 Å². The first-order chi connectivity index (χ1) is 60.9. The highest BCUT2D eigenvalue weighted by Gasteiger charge is 2.21. The van der Waals surface area contributed by atoms with Crippen LogP contribution in [0, 0.1) is 5.82 Å². The number of nitrogens with zero attached hydrogens (tertiary/aromatic N) is 3. The van der Waals surface area contributed by atoms with Gasteiger partial charge in [0, 0.05) is 67.7 Å². The van der Waals surface area contributed by atoms with Gasteiger partial charge in [-0.1, -0.05) is 346 Å². The van der Waals surface area contributed by atoms with E-state index in [9.17, 15) is 4.39 Å². The molecule has 22 aromatic rings. The van der Waals surface area contributed by atoms with Crippen molar-refractivity contribution in [2.24, 2.45) is 0 Å². The van der Waals surface area contributed by atoms with Crippen LogP contribution in [0.5, 0.6) is 0 Å². The molecule has 21 aromatic carbocycles. The summed E-state index contributed by atoms with van der Waals surface area (Å²) in [5.74, 6) is -0.222. The average Bonchev–Trinajstić information content (AvgIpc) is 1.34. The zero-order valence-electron chi connectivity index (χ0n) is 67.5. The Hall–Kier alpha value is -16.2. The van der Waals surface area contributed by atoms with Crippen LogP contribution in [0.15, 0.2) is 502 Å². The van der Waals surface area contributed by atoms with Gasteiger partial charge < -0.3 is 19.1 Å². The molecule has 4 nitrogen and oxygen atoms in total. The van der Waals surface area contributed by atoms with E-state index in [2.05, 4.69) is 439 Å². The first-order valence-corrected chi connectivity index (χ1v) is 41.8. The molecule has 0 atom stereocenters. The van der Waals surface area contributed by atoms with Gasteiger partial charge in [0.1, 0.15) is 17.0 Å². The number of fused-ring (bicyclic) bond motifs is 7. The lowest BCUT2D eigenvalue weighted by atomic mass is 9.92. The van der Waals surface area contributed by atoms with E-state index in [-0.39, 0.29) is 5.82 Å². The zero-order chi connectivity index (χ0) is 82.2. The van der Waals surface area contributed by atoms with Crippen LogP contribution >= 0.6 is 0 Å². The van der Waals surface area contributed by atoms with E-state index in [1.54, 1.807) is 12.1 Å². The second-order valence-electron chi connectivity index (χ2n) is 30.8. The van der Waals surface area contributed by atoms with Crippen molar-refractivity contribution in [2.45, 2.75) is 0 Å². The Labute approximate surface area is 716 Å². The van der Waals surface area contributed by atoms with Gasteiger partial charge in [-0.15, -0.1) is 0 Å². The summed E-state index contributed by atoms with van der Waals surface area (Å²) in [5, 5.41) is 11.6. The first kappa shape index (κ1) is 75.5. The monoisotopic (exact) mass is 1580 g/mol. The minimum atomic E-state index is -0.222. The fourth-order valence-electron chi connectivity index (χ4n) is 17.2. The molecule has 0 N–H and O–H groups in total. The third-order valence-corrected chi connectivity index (χ3v) is 23.2. The quantitative estimate of drug-likeness (QED) is 0.0962. The predicted octanol–water partition coefficient (Wildman–Crippen LogP) is 33.8. The van der Waals surface area contributed by atoms with Crippen LogP contribution in [0.3, 0.4) is 0 Å². The maximum Gasteiger partial charge on any atom is 0.137 e. The molecule has 0 amide bonds. The van der Waals surface area contributed by atoms with Crippen molar-refractivity contribution in [2.75, 3.05) is 14.7 Å². The third-order valence-electron chi connectivity index (χ3n) is 23.2. The van der Waals surface area contributed by atoms with Crippen LogP contribution in [0.25, 0.3) is 143 Å². The first-order valence-electron chi connectivity index (χ1n) is 41.8. The summed E-state index contributed by atoms with van der Waals surface area (Å²) in [4.78, 5) is 6.87. The summed E-state index contributed by atoms with van der Waals surface area (Å²) >= 11 is 0. The molecule has 0 bridgehead atoms. The highest BCUT2D eigenvalue weighted by molar-refractivity contribution is 6.10. The van der Waals surface area contributed by atoms with Crippen molar-refractivity contribution in [3.05, 3.63) is 503 Å². The summed E-state index contributed by atoms with van der Waals surface area (Å²) in [6, 6.07) is 174. The summed E-state index contributed by atoms with van der Waals surface area (Å²) in [5.41, 5.74) is 28.0. The molecule has 1 aromatic heterocycles. The standard InChI is InChI=1S/C40H28FN.C40H27NO.C38H27N/c41-35-26-34-21-20-33(27-39(34)40(28-35)32-10-4-1-5-11-32)31-18-16-29(17-19-31)30-22-24-38(25-23-30)42(36-12-6-2-7-13-36)37-14-8-3-9-15-37;1-4-11-28(12-5-1)35-18-10-13-29-19-20-30(25-38(29)35)31-21-23-36-37-24-22-34(27-40(37)42-39(36)26-31)41(32-14-6-2-7-15-32)33-16-8-3-9-17-33;1-4-13-28(14-5-1)33-22-12-15-29-23-24-30(27-37(29)33)34-25-26-38(36-21-11-10-20-35(34)36)39(31-16-6-2-7-17-31)32-18-8-3-9-19-32/h1-28H;1-27H;1-27H. The van der Waals surface area contributed by atoms with Crippen molar-refractivity contribution in [1.82, 2.24) is 0 Å². The Morgan fingerprint density at radius 2 is 0.472 bits per heavy atom.